The zero-order valence-electron chi connectivity index (χ0n) is 17.2. The Morgan fingerprint density at radius 2 is 1.80 bits per heavy atom. The minimum Gasteiger partial charge on any atom is -0.292 e. The molecule has 0 aliphatic carbocycles. The van der Waals surface area contributed by atoms with Gasteiger partial charge in [-0.2, -0.15) is 10.5 Å². The number of fused-ring (bicyclic) bond motifs is 3. The second-order valence-corrected chi connectivity index (χ2v) is 9.11. The Labute approximate surface area is 175 Å². The fraction of sp³-hybridized carbons (Fsp3) is 0.320. The highest BCUT2D eigenvalue weighted by Gasteiger charge is 2.68. The van der Waals surface area contributed by atoms with E-state index in [1.54, 1.807) is 12.1 Å². The summed E-state index contributed by atoms with van der Waals surface area (Å²) in [6.45, 7) is 5.52. The Morgan fingerprint density at radius 1 is 1.10 bits per heavy atom. The number of halogens is 1. The molecule has 4 atom stereocenters. The number of carbonyl (C=O) groups excluding carboxylic acids is 1. The number of Topliss-reactive ketones (excluding diaryl/α,β-unsaturated/α-hetero) is 1. The lowest BCUT2D eigenvalue weighted by Crippen LogP contribution is -3.12. The Kier molecular flexibility index (Phi) is 4.60. The molecule has 30 heavy (non-hydrogen) atoms. The summed E-state index contributed by atoms with van der Waals surface area (Å²) in [7, 11) is 0. The molecular weight excluding hydrogens is 377 g/mol. The minimum absolute atomic E-state index is 0.0480. The van der Waals surface area contributed by atoms with Crippen LogP contribution in [-0.2, 0) is 4.79 Å². The summed E-state index contributed by atoms with van der Waals surface area (Å²) in [6, 6.07) is 17.0. The van der Waals surface area contributed by atoms with Crippen LogP contribution in [0, 0.1) is 39.3 Å². The topological polar surface area (TPSA) is 69.1 Å². The molecular formula is C25H23FN3O+. The normalized spacial score (nSPS) is 26.2. The monoisotopic (exact) mass is 400 g/mol. The molecule has 2 aliphatic rings. The number of nitrogens with one attached hydrogen (secondary N) is 1. The van der Waals surface area contributed by atoms with Gasteiger partial charge in [0.05, 0.1) is 24.3 Å². The molecule has 4 rings (SSSR count). The molecule has 150 valence electrons. The maximum atomic E-state index is 14.2. The average molecular weight is 400 g/mol. The maximum Gasteiger partial charge on any atom is 0.212 e. The fourth-order valence-corrected chi connectivity index (χ4v) is 5.03. The summed E-state index contributed by atoms with van der Waals surface area (Å²) in [4.78, 5) is 14.4. The number of hydrogen-bond donors (Lipinski definition) is 1. The molecule has 1 N–H and O–H groups in total. The first-order chi connectivity index (χ1) is 14.2. The fourth-order valence-electron chi connectivity index (χ4n) is 5.03. The molecule has 1 saturated heterocycles. The van der Waals surface area contributed by atoms with Crippen LogP contribution in [0.5, 0.6) is 0 Å². The van der Waals surface area contributed by atoms with E-state index in [1.165, 1.54) is 12.1 Å². The molecule has 0 bridgehead atoms. The minimum atomic E-state index is -1.52. The van der Waals surface area contributed by atoms with E-state index < -0.39 is 34.6 Å². The highest BCUT2D eigenvalue weighted by Crippen LogP contribution is 2.52. The third-order valence-corrected chi connectivity index (χ3v) is 6.33. The molecule has 1 fully saturated rings. The van der Waals surface area contributed by atoms with Crippen LogP contribution in [0.25, 0.3) is 6.08 Å². The summed E-state index contributed by atoms with van der Waals surface area (Å²) in [5, 5.41) is 20.7. The Morgan fingerprint density at radius 3 is 2.43 bits per heavy atom. The summed E-state index contributed by atoms with van der Waals surface area (Å²) >= 11 is 0. The Balaban J connectivity index is 2.03. The molecule has 5 heteroatoms. The Bertz CT molecular complexity index is 1120. The third kappa shape index (κ3) is 2.78. The van der Waals surface area contributed by atoms with Crippen LogP contribution in [0.3, 0.4) is 0 Å². The van der Waals surface area contributed by atoms with Crippen LogP contribution in [0.1, 0.15) is 49.4 Å². The van der Waals surface area contributed by atoms with Crippen molar-refractivity contribution in [3.05, 3.63) is 77.2 Å². The van der Waals surface area contributed by atoms with Crippen molar-refractivity contribution in [2.24, 2.45) is 10.8 Å². The average Bonchev–Trinajstić information content (AvgIpc) is 3.03. The third-order valence-electron chi connectivity index (χ3n) is 6.33. The number of nitrogens with zero attached hydrogens (tertiary/aromatic N) is 2. The molecule has 2 heterocycles. The van der Waals surface area contributed by atoms with Crippen molar-refractivity contribution in [3.8, 4) is 12.1 Å². The van der Waals surface area contributed by atoms with Gasteiger partial charge >= 0.3 is 0 Å². The van der Waals surface area contributed by atoms with E-state index in [-0.39, 0.29) is 5.78 Å². The van der Waals surface area contributed by atoms with Crippen molar-refractivity contribution in [2.75, 3.05) is 0 Å². The van der Waals surface area contributed by atoms with Crippen molar-refractivity contribution in [1.82, 2.24) is 0 Å². The van der Waals surface area contributed by atoms with Crippen LogP contribution >= 0.6 is 0 Å². The highest BCUT2D eigenvalue weighted by atomic mass is 19.1. The van der Waals surface area contributed by atoms with Crippen LogP contribution < -0.4 is 4.90 Å². The summed E-state index contributed by atoms with van der Waals surface area (Å²) in [5.74, 6) is -1.26. The van der Waals surface area contributed by atoms with Crippen LogP contribution in [0.15, 0.2) is 54.7 Å². The van der Waals surface area contributed by atoms with Crippen LogP contribution in [0.4, 0.5) is 4.39 Å². The molecule has 0 spiro atoms. The summed E-state index contributed by atoms with van der Waals surface area (Å²) < 4.78 is 14.2. The van der Waals surface area contributed by atoms with E-state index in [0.29, 0.717) is 5.56 Å². The Hall–Kier alpha value is -3.28. The van der Waals surface area contributed by atoms with Crippen molar-refractivity contribution >= 4 is 11.9 Å². The second kappa shape index (κ2) is 6.90. The maximum absolute atomic E-state index is 14.2. The SMILES string of the molecule is CC(C)(C)C(=O)[C@H]1[C@@H](c2cccc(F)c2)C(C#N)(C#N)[C@H]2c3ccccc3C=C[NH+]12. The van der Waals surface area contributed by atoms with Gasteiger partial charge in [-0.15, -0.1) is 0 Å². The lowest BCUT2D eigenvalue weighted by molar-refractivity contribution is -0.885. The van der Waals surface area contributed by atoms with E-state index in [2.05, 4.69) is 12.1 Å². The van der Waals surface area contributed by atoms with Gasteiger partial charge in [0.2, 0.25) is 5.41 Å². The van der Waals surface area contributed by atoms with E-state index in [4.69, 9.17) is 0 Å². The number of rotatable bonds is 2. The first kappa shape index (κ1) is 20.0. The summed E-state index contributed by atoms with van der Waals surface area (Å²) in [6.07, 6.45) is 3.83. The van der Waals surface area contributed by atoms with Gasteiger partial charge in [0.25, 0.3) is 0 Å². The van der Waals surface area contributed by atoms with Crippen molar-refractivity contribution in [1.29, 1.82) is 10.5 Å². The summed E-state index contributed by atoms with van der Waals surface area (Å²) in [5.41, 5.74) is 0.106. The quantitative estimate of drug-likeness (QED) is 0.838. The number of hydrogen-bond acceptors (Lipinski definition) is 3. The molecule has 2 aromatic carbocycles. The van der Waals surface area contributed by atoms with E-state index in [0.717, 1.165) is 16.0 Å². The molecule has 4 nitrogen and oxygen atoms in total. The van der Waals surface area contributed by atoms with Crippen molar-refractivity contribution < 1.29 is 14.1 Å². The van der Waals surface area contributed by atoms with Gasteiger partial charge in [-0.05, 0) is 29.3 Å². The lowest BCUT2D eigenvalue weighted by atomic mass is 9.66. The first-order valence-electron chi connectivity index (χ1n) is 10.0. The van der Waals surface area contributed by atoms with Crippen LogP contribution in [0.2, 0.25) is 0 Å². The number of carbonyl (C=O) groups is 1. The van der Waals surface area contributed by atoms with Gasteiger partial charge in [-0.3, -0.25) is 9.69 Å². The van der Waals surface area contributed by atoms with Gasteiger partial charge in [0.1, 0.15) is 5.82 Å². The molecule has 2 aromatic rings. The number of quaternary nitrogens is 1. The predicted octanol–water partition coefficient (Wildman–Crippen LogP) is 3.55. The van der Waals surface area contributed by atoms with Gasteiger partial charge < -0.3 is 0 Å². The zero-order chi connectivity index (χ0) is 21.7. The smallest absolute Gasteiger partial charge is 0.212 e. The van der Waals surface area contributed by atoms with E-state index >= 15 is 0 Å². The van der Waals surface area contributed by atoms with Gasteiger partial charge in [-0.1, -0.05) is 57.2 Å². The number of ketones is 1. The van der Waals surface area contributed by atoms with Crippen LogP contribution in [-0.4, -0.2) is 11.8 Å². The molecule has 0 aromatic heterocycles. The molecule has 0 radical (unpaired) electrons. The van der Waals surface area contributed by atoms with Crippen molar-refractivity contribution in [3.63, 3.8) is 0 Å². The van der Waals surface area contributed by atoms with Gasteiger partial charge in [-0.25, -0.2) is 4.39 Å². The van der Waals surface area contributed by atoms with Gasteiger partial charge in [0.15, 0.2) is 17.9 Å². The first-order valence-corrected chi connectivity index (χ1v) is 10.0. The zero-order valence-corrected chi connectivity index (χ0v) is 17.2. The number of benzene rings is 2. The molecule has 0 saturated carbocycles. The second-order valence-electron chi connectivity index (χ2n) is 9.11. The van der Waals surface area contributed by atoms with Gasteiger partial charge in [0, 0.05) is 11.0 Å². The number of nitriles is 2. The molecule has 2 aliphatic heterocycles. The van der Waals surface area contributed by atoms with E-state index in [9.17, 15) is 19.7 Å². The predicted molar refractivity (Wildman–Crippen MR) is 110 cm³/mol. The largest absolute Gasteiger partial charge is 0.292 e. The lowest BCUT2D eigenvalue weighted by Gasteiger charge is -2.31. The van der Waals surface area contributed by atoms with Crippen molar-refractivity contribution in [2.45, 2.75) is 38.8 Å². The highest BCUT2D eigenvalue weighted by molar-refractivity contribution is 5.89. The van der Waals surface area contributed by atoms with E-state index in [1.807, 2.05) is 57.3 Å². The molecule has 0 amide bonds. The molecule has 1 unspecified atom stereocenters. The standard InChI is InChI=1S/C25H22FN3O/c1-24(2,3)23(30)21-20(17-8-6-9-18(26)13-17)25(14-27,15-28)22-19-10-5-4-7-16(19)11-12-29(21)22/h4-13,20-22H,1-3H3/p+1/t20-,21-,22-/m1/s1.